The molecule has 0 aromatic carbocycles. The average Bonchev–Trinajstić information content (AvgIpc) is 2.74. The molecule has 1 aromatic rings. The number of thiazole rings is 1. The second-order valence-electron chi connectivity index (χ2n) is 4.05. The fourth-order valence-electron chi connectivity index (χ4n) is 1.09. The molecule has 0 aliphatic carbocycles. The highest BCUT2D eigenvalue weighted by atomic mass is 32.2. The predicted molar refractivity (Wildman–Crippen MR) is 72.5 cm³/mol. The van der Waals surface area contributed by atoms with Gasteiger partial charge in [0.25, 0.3) is 0 Å². The Hall–Kier alpha value is -0.990. The fraction of sp³-hybridized carbons (Fsp3) is 0.600. The average molecular weight is 291 g/mol. The van der Waals surface area contributed by atoms with Crippen molar-refractivity contribution in [1.82, 2.24) is 10.3 Å². The van der Waals surface area contributed by atoms with Crippen molar-refractivity contribution < 1.29 is 13.2 Å². The van der Waals surface area contributed by atoms with Gasteiger partial charge in [0.05, 0.1) is 5.69 Å². The monoisotopic (exact) mass is 291 g/mol. The Morgan fingerprint density at radius 1 is 1.44 bits per heavy atom. The van der Waals surface area contributed by atoms with Crippen LogP contribution in [-0.4, -0.2) is 37.9 Å². The van der Waals surface area contributed by atoms with E-state index >= 15 is 0 Å². The van der Waals surface area contributed by atoms with Crippen LogP contribution in [-0.2, 0) is 14.6 Å². The van der Waals surface area contributed by atoms with Gasteiger partial charge < -0.3 is 10.6 Å². The summed E-state index contributed by atoms with van der Waals surface area (Å²) < 4.78 is 22.5. The number of anilines is 1. The van der Waals surface area contributed by atoms with Crippen LogP contribution in [0, 0.1) is 0 Å². The van der Waals surface area contributed by atoms with Crippen LogP contribution >= 0.6 is 11.3 Å². The second kappa shape index (κ2) is 5.77. The van der Waals surface area contributed by atoms with Crippen molar-refractivity contribution in [2.75, 3.05) is 18.6 Å². The predicted octanol–water partition coefficient (Wildman–Crippen LogP) is 0.795. The smallest absolute Gasteiger partial charge is 0.244 e. The lowest BCUT2D eigenvalue weighted by Crippen LogP contribution is -2.31. The molecular formula is C10H17N3O3S2. The normalized spacial score (nSPS) is 15.1. The van der Waals surface area contributed by atoms with Crippen molar-refractivity contribution in [2.24, 2.45) is 0 Å². The van der Waals surface area contributed by atoms with E-state index in [2.05, 4.69) is 15.6 Å². The summed E-state index contributed by atoms with van der Waals surface area (Å²) in [6.07, 6.45) is 1.04. The molecule has 102 valence electrons. The van der Waals surface area contributed by atoms with Gasteiger partial charge in [0.15, 0.2) is 15.0 Å². The third kappa shape index (κ3) is 3.76. The van der Waals surface area contributed by atoms with Crippen molar-refractivity contribution in [3.8, 4) is 0 Å². The first-order valence-electron chi connectivity index (χ1n) is 5.38. The second-order valence-corrected chi connectivity index (χ2v) is 7.27. The van der Waals surface area contributed by atoms with Gasteiger partial charge in [-0.1, -0.05) is 0 Å². The molecule has 1 rings (SSSR count). The summed E-state index contributed by atoms with van der Waals surface area (Å²) in [7, 11) is -1.57. The molecule has 6 nitrogen and oxygen atoms in total. The quantitative estimate of drug-likeness (QED) is 0.837. The SMILES string of the molecule is CNC(C)c1csc(NC(=O)C(C)S(C)(=O)=O)n1. The minimum Gasteiger partial charge on any atom is -0.312 e. The molecule has 1 aromatic heterocycles. The maximum atomic E-state index is 11.7. The lowest BCUT2D eigenvalue weighted by molar-refractivity contribution is -0.115. The fourth-order valence-corrected chi connectivity index (χ4v) is 2.35. The number of carbonyl (C=O) groups is 1. The summed E-state index contributed by atoms with van der Waals surface area (Å²) in [5.41, 5.74) is 0.810. The van der Waals surface area contributed by atoms with Crippen molar-refractivity contribution in [1.29, 1.82) is 0 Å². The van der Waals surface area contributed by atoms with E-state index in [1.807, 2.05) is 19.4 Å². The lowest BCUT2D eigenvalue weighted by Gasteiger charge is -2.08. The summed E-state index contributed by atoms with van der Waals surface area (Å²) in [5, 5.41) is 6.69. The number of rotatable bonds is 5. The lowest BCUT2D eigenvalue weighted by atomic mass is 10.3. The van der Waals surface area contributed by atoms with Crippen LogP contribution in [0.5, 0.6) is 0 Å². The third-order valence-corrected chi connectivity index (χ3v) is 4.91. The molecular weight excluding hydrogens is 274 g/mol. The Morgan fingerprint density at radius 2 is 2.06 bits per heavy atom. The Bertz CT molecular complexity index is 524. The van der Waals surface area contributed by atoms with E-state index in [4.69, 9.17) is 0 Å². The maximum Gasteiger partial charge on any atom is 0.244 e. The van der Waals surface area contributed by atoms with Crippen molar-refractivity contribution in [2.45, 2.75) is 25.1 Å². The van der Waals surface area contributed by atoms with Gasteiger partial charge in [-0.05, 0) is 20.9 Å². The van der Waals surface area contributed by atoms with Crippen LogP contribution in [0.1, 0.15) is 25.6 Å². The highest BCUT2D eigenvalue weighted by molar-refractivity contribution is 7.92. The largest absolute Gasteiger partial charge is 0.312 e. The zero-order valence-electron chi connectivity index (χ0n) is 10.7. The number of amides is 1. The highest BCUT2D eigenvalue weighted by Crippen LogP contribution is 2.20. The molecule has 1 amide bonds. The van der Waals surface area contributed by atoms with Crippen LogP contribution in [0.2, 0.25) is 0 Å². The molecule has 2 unspecified atom stereocenters. The summed E-state index contributed by atoms with van der Waals surface area (Å²) in [4.78, 5) is 15.9. The van der Waals surface area contributed by atoms with E-state index < -0.39 is 21.0 Å². The standard InChI is InChI=1S/C10H17N3O3S2/c1-6(11-3)8-5-17-10(12-8)13-9(14)7(2)18(4,15)16/h5-7,11H,1-4H3,(H,12,13,14). The zero-order chi connectivity index (χ0) is 13.9. The Morgan fingerprint density at radius 3 is 2.56 bits per heavy atom. The summed E-state index contributed by atoms with van der Waals surface area (Å²) >= 11 is 1.27. The molecule has 8 heteroatoms. The van der Waals surface area contributed by atoms with E-state index in [9.17, 15) is 13.2 Å². The number of carbonyl (C=O) groups excluding carboxylic acids is 1. The Kier molecular flexibility index (Phi) is 4.83. The first kappa shape index (κ1) is 15.1. The number of sulfone groups is 1. The zero-order valence-corrected chi connectivity index (χ0v) is 12.4. The van der Waals surface area contributed by atoms with Crippen LogP contribution in [0.25, 0.3) is 0 Å². The van der Waals surface area contributed by atoms with Gasteiger partial charge in [-0.25, -0.2) is 13.4 Å². The van der Waals surface area contributed by atoms with E-state index in [1.165, 1.54) is 18.3 Å². The van der Waals surface area contributed by atoms with Gasteiger partial charge in [-0.3, -0.25) is 4.79 Å². The van der Waals surface area contributed by atoms with E-state index in [0.29, 0.717) is 5.13 Å². The molecule has 2 N–H and O–H groups in total. The molecule has 2 atom stereocenters. The maximum absolute atomic E-state index is 11.7. The van der Waals surface area contributed by atoms with E-state index in [1.54, 1.807) is 0 Å². The number of hydrogen-bond acceptors (Lipinski definition) is 6. The van der Waals surface area contributed by atoms with Crippen LogP contribution < -0.4 is 10.6 Å². The molecule has 0 fully saturated rings. The van der Waals surface area contributed by atoms with Gasteiger partial charge in [0, 0.05) is 17.7 Å². The first-order valence-corrected chi connectivity index (χ1v) is 8.21. The van der Waals surface area contributed by atoms with Gasteiger partial charge in [-0.15, -0.1) is 11.3 Å². The molecule has 0 radical (unpaired) electrons. The highest BCUT2D eigenvalue weighted by Gasteiger charge is 2.24. The number of hydrogen-bond donors (Lipinski definition) is 2. The third-order valence-electron chi connectivity index (χ3n) is 2.64. The van der Waals surface area contributed by atoms with E-state index in [0.717, 1.165) is 11.9 Å². The van der Waals surface area contributed by atoms with E-state index in [-0.39, 0.29) is 6.04 Å². The number of nitrogens with one attached hydrogen (secondary N) is 2. The van der Waals surface area contributed by atoms with Gasteiger partial charge in [-0.2, -0.15) is 0 Å². The molecule has 0 aliphatic rings. The van der Waals surface area contributed by atoms with Crippen LogP contribution in [0.15, 0.2) is 5.38 Å². The van der Waals surface area contributed by atoms with Crippen molar-refractivity contribution in [3.05, 3.63) is 11.1 Å². The molecule has 0 saturated carbocycles. The Balaban J connectivity index is 2.74. The molecule has 0 bridgehead atoms. The topological polar surface area (TPSA) is 88.2 Å². The first-order chi connectivity index (χ1) is 8.25. The summed E-state index contributed by atoms with van der Waals surface area (Å²) in [6, 6.07) is 0.0826. The van der Waals surface area contributed by atoms with Gasteiger partial charge in [0.1, 0.15) is 5.25 Å². The van der Waals surface area contributed by atoms with Crippen LogP contribution in [0.3, 0.4) is 0 Å². The van der Waals surface area contributed by atoms with Crippen LogP contribution in [0.4, 0.5) is 5.13 Å². The molecule has 0 spiro atoms. The molecule has 0 aliphatic heterocycles. The molecule has 1 heterocycles. The van der Waals surface area contributed by atoms with Gasteiger partial charge >= 0.3 is 0 Å². The minimum atomic E-state index is -3.38. The minimum absolute atomic E-state index is 0.0826. The summed E-state index contributed by atoms with van der Waals surface area (Å²) in [5.74, 6) is -0.560. The number of nitrogens with zero attached hydrogens (tertiary/aromatic N) is 1. The van der Waals surface area contributed by atoms with Crippen molar-refractivity contribution in [3.63, 3.8) is 0 Å². The van der Waals surface area contributed by atoms with Gasteiger partial charge in [0.2, 0.25) is 5.91 Å². The molecule has 18 heavy (non-hydrogen) atoms. The summed E-state index contributed by atoms with van der Waals surface area (Å²) in [6.45, 7) is 3.30. The van der Waals surface area contributed by atoms with Crippen molar-refractivity contribution >= 4 is 32.2 Å². The molecule has 0 saturated heterocycles. The Labute approximate surface area is 111 Å². The number of aromatic nitrogens is 1.